The van der Waals surface area contributed by atoms with Crippen LogP contribution in [0.5, 0.6) is 5.75 Å². The zero-order valence-corrected chi connectivity index (χ0v) is 23.1. The van der Waals surface area contributed by atoms with Gasteiger partial charge in [0.2, 0.25) is 23.6 Å². The van der Waals surface area contributed by atoms with Crippen molar-refractivity contribution < 1.29 is 28.7 Å². The van der Waals surface area contributed by atoms with E-state index in [0.717, 1.165) is 26.8 Å². The Morgan fingerprint density at radius 1 is 0.976 bits per heavy atom. The average Bonchev–Trinajstić information content (AvgIpc) is 3.30. The number of rotatable bonds is 2. The van der Waals surface area contributed by atoms with Gasteiger partial charge in [0, 0.05) is 23.9 Å². The van der Waals surface area contributed by atoms with E-state index in [2.05, 4.69) is 0 Å². The number of nitrogens with zero attached hydrogens (tertiary/aromatic N) is 2. The van der Waals surface area contributed by atoms with Crippen LogP contribution in [-0.4, -0.2) is 40.7 Å². The highest BCUT2D eigenvalue weighted by Gasteiger charge is 2.67. The van der Waals surface area contributed by atoms with Crippen LogP contribution >= 0.6 is 11.6 Å². The highest BCUT2D eigenvalue weighted by atomic mass is 35.5. The van der Waals surface area contributed by atoms with Crippen molar-refractivity contribution in [2.75, 3.05) is 11.9 Å². The third-order valence-corrected chi connectivity index (χ3v) is 10.2. The number of imide groups is 2. The topological polar surface area (TPSA) is 95.0 Å². The molecular formula is C32H26ClFN2O5. The zero-order chi connectivity index (χ0) is 29.0. The second-order valence-corrected chi connectivity index (χ2v) is 12.1. The van der Waals surface area contributed by atoms with E-state index in [-0.39, 0.29) is 34.7 Å². The molecule has 1 N–H and O–H groups in total. The molecule has 0 spiro atoms. The van der Waals surface area contributed by atoms with Gasteiger partial charge >= 0.3 is 0 Å². The molecule has 1 saturated carbocycles. The molecule has 0 radical (unpaired) electrons. The predicted octanol–water partition coefficient (Wildman–Crippen LogP) is 5.20. The number of anilines is 1. The fraction of sp³-hybridized carbons (Fsp3) is 0.312. The van der Waals surface area contributed by atoms with E-state index in [1.54, 1.807) is 19.1 Å². The minimum absolute atomic E-state index is 0.00576. The summed E-state index contributed by atoms with van der Waals surface area (Å²) in [7, 11) is 1.48. The Labute approximate surface area is 240 Å². The van der Waals surface area contributed by atoms with Crippen LogP contribution in [0.1, 0.15) is 31.2 Å². The molecule has 3 aromatic carbocycles. The van der Waals surface area contributed by atoms with E-state index in [4.69, 9.17) is 11.6 Å². The maximum atomic E-state index is 14.4. The molecule has 4 amide bonds. The van der Waals surface area contributed by atoms with E-state index < -0.39 is 52.6 Å². The molecule has 3 aromatic rings. The summed E-state index contributed by atoms with van der Waals surface area (Å²) in [6.45, 7) is 1.74. The monoisotopic (exact) mass is 572 g/mol. The highest BCUT2D eigenvalue weighted by Crippen LogP contribution is 2.64. The minimum Gasteiger partial charge on any atom is -0.507 e. The normalized spacial score (nSPS) is 30.9. The van der Waals surface area contributed by atoms with Gasteiger partial charge in [-0.2, -0.15) is 0 Å². The summed E-state index contributed by atoms with van der Waals surface area (Å²) in [6.07, 6.45) is 2.46. The van der Waals surface area contributed by atoms with Crippen LogP contribution in [-0.2, 0) is 19.2 Å². The summed E-state index contributed by atoms with van der Waals surface area (Å²) in [6, 6.07) is 14.7. The van der Waals surface area contributed by atoms with Gasteiger partial charge in [0.25, 0.3) is 0 Å². The molecule has 2 aliphatic heterocycles. The Hall–Kier alpha value is -4.04. The fourth-order valence-electron chi connectivity index (χ4n) is 7.89. The molecule has 2 saturated heterocycles. The maximum Gasteiger partial charge on any atom is 0.241 e. The second kappa shape index (κ2) is 8.73. The second-order valence-electron chi connectivity index (χ2n) is 11.7. The van der Waals surface area contributed by atoms with E-state index in [9.17, 15) is 28.7 Å². The molecule has 208 valence electrons. The fourth-order valence-corrected chi connectivity index (χ4v) is 8.07. The molecular weight excluding hydrogens is 547 g/mol. The van der Waals surface area contributed by atoms with Crippen molar-refractivity contribution in [2.45, 2.75) is 25.7 Å². The van der Waals surface area contributed by atoms with Crippen LogP contribution < -0.4 is 4.90 Å². The third-order valence-electron chi connectivity index (χ3n) is 9.90. The number of phenols is 1. The number of carbonyl (C=O) groups excluding carboxylic acids is 4. The van der Waals surface area contributed by atoms with Crippen molar-refractivity contribution in [3.63, 3.8) is 0 Å². The molecule has 7 rings (SSSR count). The van der Waals surface area contributed by atoms with Crippen LogP contribution in [0.4, 0.5) is 10.1 Å². The van der Waals surface area contributed by atoms with Crippen molar-refractivity contribution in [2.24, 2.45) is 29.1 Å². The first-order chi connectivity index (χ1) is 19.6. The number of hydrogen-bond donors (Lipinski definition) is 1. The first kappa shape index (κ1) is 25.9. The lowest BCUT2D eigenvalue weighted by Crippen LogP contribution is -2.48. The number of hydrogen-bond acceptors (Lipinski definition) is 5. The van der Waals surface area contributed by atoms with Crippen molar-refractivity contribution in [1.82, 2.24) is 4.90 Å². The minimum atomic E-state index is -1.33. The molecule has 9 heteroatoms. The number of halogens is 2. The predicted molar refractivity (Wildman–Crippen MR) is 149 cm³/mol. The summed E-state index contributed by atoms with van der Waals surface area (Å²) in [5.41, 5.74) is 0.0955. The van der Waals surface area contributed by atoms with Gasteiger partial charge in [-0.3, -0.25) is 24.1 Å². The quantitative estimate of drug-likeness (QED) is 0.336. The summed E-state index contributed by atoms with van der Waals surface area (Å²) in [4.78, 5) is 57.1. The number of likely N-dealkylation sites (tertiary alicyclic amines) is 1. The molecule has 4 aliphatic rings. The van der Waals surface area contributed by atoms with Gasteiger partial charge in [0.05, 0.1) is 33.9 Å². The van der Waals surface area contributed by atoms with Crippen LogP contribution in [0.2, 0.25) is 5.02 Å². The number of allylic oxidation sites excluding steroid dienone is 2. The van der Waals surface area contributed by atoms with Gasteiger partial charge in [-0.25, -0.2) is 9.29 Å². The largest absolute Gasteiger partial charge is 0.507 e. The molecule has 0 unspecified atom stereocenters. The highest BCUT2D eigenvalue weighted by molar-refractivity contribution is 6.31. The Morgan fingerprint density at radius 2 is 1.73 bits per heavy atom. The lowest BCUT2D eigenvalue weighted by Gasteiger charge is -2.49. The van der Waals surface area contributed by atoms with Crippen LogP contribution in [0, 0.1) is 34.9 Å². The standard InChI is InChI=1S/C32H26ClFN2O5/c1-32-22(29(39)36(31(32)41)16-8-12-24(34)23(33)13-16)14-21-18(10-11-19-25(21)30(40)35(2)28(19)38)26(32)20-9-7-15-5-3-4-6-17(15)27(20)37/h3-10,12-13,19,21-22,25-26,37H,11,14H2,1-2H3/t19-,21+,22-,25-,26+,32+/m0/s1. The number of carbonyl (C=O) groups is 4. The van der Waals surface area contributed by atoms with Crippen LogP contribution in [0.15, 0.2) is 66.2 Å². The SMILES string of the molecule is CN1C(=O)[C@H]2[C@H](CC=C3[C@H]2C[C@H]2C(=O)N(c4ccc(F)c(Cl)c4)C(=O)[C@@]2(C)[C@H]3c2ccc3ccccc3c2O)C1=O. The Kier molecular flexibility index (Phi) is 5.51. The molecule has 2 aliphatic carbocycles. The van der Waals surface area contributed by atoms with Crippen LogP contribution in [0.3, 0.4) is 0 Å². The number of amides is 4. The molecule has 3 fully saturated rings. The number of benzene rings is 3. The third kappa shape index (κ3) is 3.31. The lowest BCUT2D eigenvalue weighted by molar-refractivity contribution is -0.138. The Bertz CT molecular complexity index is 1750. The smallest absolute Gasteiger partial charge is 0.241 e. The van der Waals surface area contributed by atoms with Gasteiger partial charge in [0.15, 0.2) is 0 Å². The lowest BCUT2D eigenvalue weighted by atomic mass is 9.51. The van der Waals surface area contributed by atoms with Gasteiger partial charge in [0.1, 0.15) is 11.6 Å². The molecule has 2 heterocycles. The number of phenolic OH excluding ortho intramolecular Hbond substituents is 1. The van der Waals surface area contributed by atoms with Crippen molar-refractivity contribution in [3.8, 4) is 5.75 Å². The van der Waals surface area contributed by atoms with E-state index in [1.807, 2.05) is 30.3 Å². The first-order valence-corrected chi connectivity index (χ1v) is 14.0. The van der Waals surface area contributed by atoms with E-state index >= 15 is 0 Å². The summed E-state index contributed by atoms with van der Waals surface area (Å²) in [5.74, 6) is -5.43. The van der Waals surface area contributed by atoms with Crippen LogP contribution in [0.25, 0.3) is 10.8 Å². The summed E-state index contributed by atoms with van der Waals surface area (Å²) in [5, 5.41) is 12.8. The van der Waals surface area contributed by atoms with E-state index in [0.29, 0.717) is 17.4 Å². The summed E-state index contributed by atoms with van der Waals surface area (Å²) >= 11 is 6.04. The summed E-state index contributed by atoms with van der Waals surface area (Å²) < 4.78 is 14.0. The van der Waals surface area contributed by atoms with E-state index in [1.165, 1.54) is 19.2 Å². The van der Waals surface area contributed by atoms with Crippen molar-refractivity contribution >= 4 is 51.7 Å². The van der Waals surface area contributed by atoms with Gasteiger partial charge < -0.3 is 5.11 Å². The average molecular weight is 573 g/mol. The van der Waals surface area contributed by atoms with Crippen molar-refractivity contribution in [3.05, 3.63) is 82.6 Å². The molecule has 41 heavy (non-hydrogen) atoms. The zero-order valence-electron chi connectivity index (χ0n) is 22.3. The number of fused-ring (bicyclic) bond motifs is 5. The Balaban J connectivity index is 1.45. The molecule has 0 bridgehead atoms. The maximum absolute atomic E-state index is 14.4. The number of aromatic hydroxyl groups is 1. The first-order valence-electron chi connectivity index (χ1n) is 13.6. The molecule has 6 atom stereocenters. The van der Waals surface area contributed by atoms with Gasteiger partial charge in [-0.05, 0) is 49.3 Å². The molecule has 7 nitrogen and oxygen atoms in total. The molecule has 0 aromatic heterocycles. The van der Waals surface area contributed by atoms with Crippen molar-refractivity contribution in [1.29, 1.82) is 0 Å². The van der Waals surface area contributed by atoms with Gasteiger partial charge in [-0.1, -0.05) is 59.6 Å². The van der Waals surface area contributed by atoms with Gasteiger partial charge in [-0.15, -0.1) is 0 Å². The Morgan fingerprint density at radius 3 is 2.49 bits per heavy atom.